The summed E-state index contributed by atoms with van der Waals surface area (Å²) in [6, 6.07) is 0. The van der Waals surface area contributed by atoms with Crippen molar-refractivity contribution in [2.24, 2.45) is 0 Å². The average molecular weight is 422 g/mol. The van der Waals surface area contributed by atoms with Gasteiger partial charge in [-0.15, -0.1) is 0 Å². The monoisotopic (exact) mass is 422 g/mol. The first-order valence-electron chi connectivity index (χ1n) is 6.30. The second-order valence-corrected chi connectivity index (χ2v) is 4.17. The molecule has 0 spiro atoms. The second-order valence-electron chi connectivity index (χ2n) is 4.17. The van der Waals surface area contributed by atoms with E-state index in [2.05, 4.69) is 60.5 Å². The third-order valence-corrected chi connectivity index (χ3v) is 2.76. The van der Waals surface area contributed by atoms with Gasteiger partial charge in [0.1, 0.15) is 12.4 Å². The molecule has 0 unspecified atom stereocenters. The van der Waals surface area contributed by atoms with Crippen LogP contribution in [0.3, 0.4) is 0 Å². The zero-order valence-electron chi connectivity index (χ0n) is 11.5. The van der Waals surface area contributed by atoms with Gasteiger partial charge in [0.2, 0.25) is 6.33 Å². The van der Waals surface area contributed by atoms with Gasteiger partial charge in [-0.25, -0.2) is 9.13 Å². The van der Waals surface area contributed by atoms with Crippen molar-refractivity contribution < 1.29 is 45.6 Å². The van der Waals surface area contributed by atoms with Crippen LogP contribution in [0.5, 0.6) is 0 Å². The van der Waals surface area contributed by atoms with Crippen molar-refractivity contribution in [3.05, 3.63) is 82.4 Å². The number of aryl methyl sites for hydroxylation is 1. The largest absolute Gasteiger partial charge is 2.00 e. The maximum Gasteiger partial charge on any atom is 2.00 e. The molecule has 0 amide bonds. The summed E-state index contributed by atoms with van der Waals surface area (Å²) in [5, 5.41) is 0. The van der Waals surface area contributed by atoms with E-state index in [1.54, 1.807) is 0 Å². The first-order valence-corrected chi connectivity index (χ1v) is 6.30. The second kappa shape index (κ2) is 12.0. The fourth-order valence-electron chi connectivity index (χ4n) is 1.77. The smallest absolute Gasteiger partial charge is 1.00 e. The summed E-state index contributed by atoms with van der Waals surface area (Å²) in [6.07, 6.45) is 24.8. The molecule has 0 aromatic carbocycles. The van der Waals surface area contributed by atoms with Crippen LogP contribution in [0.4, 0.5) is 0 Å². The van der Waals surface area contributed by atoms with Gasteiger partial charge in [0.25, 0.3) is 0 Å². The molecule has 3 rings (SSSR count). The van der Waals surface area contributed by atoms with Gasteiger partial charge in [0, 0.05) is 5.92 Å². The van der Waals surface area contributed by atoms with Crippen molar-refractivity contribution >= 4 is 0 Å². The number of hydrogen-bond acceptors (Lipinski definition) is 0. The summed E-state index contributed by atoms with van der Waals surface area (Å²) in [5.41, 5.74) is 0. The molecule has 1 aromatic heterocycles. The van der Waals surface area contributed by atoms with Crippen LogP contribution in [-0.2, 0) is 30.2 Å². The Morgan fingerprint density at radius 1 is 0.950 bits per heavy atom. The number of hydrogen-bond donors (Lipinski definition) is 0. The van der Waals surface area contributed by atoms with E-state index in [0.29, 0.717) is 0 Å². The Bertz CT molecular complexity index is 323. The molecule has 2 fully saturated rings. The fraction of sp³-hybridized carbons (Fsp3) is 0.188. The van der Waals surface area contributed by atoms with Crippen LogP contribution in [0, 0.1) is 63.7 Å². The van der Waals surface area contributed by atoms with Crippen molar-refractivity contribution in [1.82, 2.24) is 4.57 Å². The molecule has 0 atom stereocenters. The first-order chi connectivity index (χ1) is 8.88. The standard InChI is InChI=1S/C11H14N2.C5H5.Fe.HI/c1-2-12-7-8-13(10-12)9-11-5-3-4-6-11;1-2-4-5-3-1;;/h3-8,10H,2,9H2,1H3;1-5H;;1H/q+1;;+2;/p-1. The van der Waals surface area contributed by atoms with Gasteiger partial charge in [-0.1, -0.05) is 0 Å². The van der Waals surface area contributed by atoms with Gasteiger partial charge in [-0.3, -0.25) is 0 Å². The summed E-state index contributed by atoms with van der Waals surface area (Å²) < 4.78 is 4.36. The molecule has 4 heteroatoms. The van der Waals surface area contributed by atoms with Crippen LogP contribution in [0.15, 0.2) is 18.7 Å². The Morgan fingerprint density at radius 2 is 1.50 bits per heavy atom. The van der Waals surface area contributed by atoms with Crippen LogP contribution in [0.25, 0.3) is 0 Å². The van der Waals surface area contributed by atoms with Gasteiger partial charge in [0.05, 0.1) is 13.1 Å². The summed E-state index contributed by atoms with van der Waals surface area (Å²) in [6.45, 7) is 4.15. The first kappa shape index (κ1) is 20.5. The van der Waals surface area contributed by atoms with Crippen molar-refractivity contribution in [3.8, 4) is 0 Å². The van der Waals surface area contributed by atoms with Gasteiger partial charge in [-0.2, -0.15) is 0 Å². The predicted octanol–water partition coefficient (Wildman–Crippen LogP) is -0.776. The Hall–Kier alpha value is 0.459. The molecule has 1 heterocycles. The summed E-state index contributed by atoms with van der Waals surface area (Å²) in [4.78, 5) is 0. The van der Waals surface area contributed by atoms with E-state index < -0.39 is 0 Å². The molecule has 20 heavy (non-hydrogen) atoms. The Kier molecular flexibility index (Phi) is 12.3. The van der Waals surface area contributed by atoms with Crippen molar-refractivity contribution in [1.29, 1.82) is 0 Å². The minimum Gasteiger partial charge on any atom is -1.00 e. The summed E-state index contributed by atoms with van der Waals surface area (Å²) in [7, 11) is 0. The minimum absolute atomic E-state index is 0. The van der Waals surface area contributed by atoms with E-state index in [1.165, 1.54) is 5.92 Å². The molecule has 2 saturated carbocycles. The zero-order chi connectivity index (χ0) is 12.6. The van der Waals surface area contributed by atoms with Crippen molar-refractivity contribution in [2.45, 2.75) is 20.0 Å². The molecule has 0 bridgehead atoms. The predicted molar refractivity (Wildman–Crippen MR) is 72.2 cm³/mol. The van der Waals surface area contributed by atoms with Crippen LogP contribution in [-0.4, -0.2) is 4.57 Å². The maximum atomic E-state index is 2.19. The number of halogens is 1. The molecule has 2 aliphatic rings. The fourth-order valence-corrected chi connectivity index (χ4v) is 1.77. The number of imidazole rings is 1. The number of nitrogens with zero attached hydrogens (tertiary/aromatic N) is 2. The van der Waals surface area contributed by atoms with Gasteiger partial charge in [0.15, 0.2) is 0 Å². The van der Waals surface area contributed by atoms with E-state index >= 15 is 0 Å². The summed E-state index contributed by atoms with van der Waals surface area (Å²) in [5.74, 6) is 1.36. The third kappa shape index (κ3) is 7.46. The van der Waals surface area contributed by atoms with Crippen LogP contribution >= 0.6 is 0 Å². The molecule has 2 nitrogen and oxygen atoms in total. The van der Waals surface area contributed by atoms with E-state index in [0.717, 1.165) is 13.1 Å². The topological polar surface area (TPSA) is 8.81 Å². The number of rotatable bonds is 3. The Balaban J connectivity index is 0.000000443. The van der Waals surface area contributed by atoms with Gasteiger partial charge >= 0.3 is 17.1 Å². The van der Waals surface area contributed by atoms with E-state index in [1.807, 2.05) is 32.1 Å². The Labute approximate surface area is 152 Å². The molecule has 1 aromatic rings. The normalized spacial score (nSPS) is 17.9. The molecule has 0 saturated heterocycles. The molecule has 10 radical (unpaired) electrons. The number of aromatic nitrogens is 2. The molecular formula is C16H19FeIN2+2. The van der Waals surface area contributed by atoms with E-state index in [-0.39, 0.29) is 41.0 Å². The third-order valence-electron chi connectivity index (χ3n) is 2.76. The zero-order valence-corrected chi connectivity index (χ0v) is 14.7. The molecular weight excluding hydrogens is 403 g/mol. The molecule has 0 N–H and O–H groups in total. The van der Waals surface area contributed by atoms with E-state index in [9.17, 15) is 0 Å². The molecule has 2 aliphatic carbocycles. The van der Waals surface area contributed by atoms with Crippen molar-refractivity contribution in [2.75, 3.05) is 0 Å². The van der Waals surface area contributed by atoms with Crippen LogP contribution in [0.1, 0.15) is 6.92 Å². The molecule has 106 valence electrons. The van der Waals surface area contributed by atoms with Gasteiger partial charge < -0.3 is 24.0 Å². The average Bonchev–Trinajstić information content (AvgIpc) is 3.15. The quantitative estimate of drug-likeness (QED) is 0.344. The van der Waals surface area contributed by atoms with Crippen LogP contribution in [0.2, 0.25) is 0 Å². The SMILES string of the molecule is CCn1cc[n+](C[C]2[CH][CH][CH][CH]2)c1.[CH]1[CH][CH][CH][CH]1.[Fe+2].[I-]. The maximum absolute atomic E-state index is 2.19. The van der Waals surface area contributed by atoms with E-state index in [4.69, 9.17) is 0 Å². The minimum atomic E-state index is 0. The van der Waals surface area contributed by atoms with Crippen LogP contribution < -0.4 is 28.5 Å². The van der Waals surface area contributed by atoms with Crippen molar-refractivity contribution in [3.63, 3.8) is 0 Å². The molecule has 0 aliphatic heterocycles. The Morgan fingerprint density at radius 3 is 1.95 bits per heavy atom. The summed E-state index contributed by atoms with van der Waals surface area (Å²) >= 11 is 0. The van der Waals surface area contributed by atoms with Gasteiger partial charge in [-0.05, 0) is 64.7 Å².